The third kappa shape index (κ3) is 3.89. The molecule has 1 heterocycles. The predicted molar refractivity (Wildman–Crippen MR) is 95.3 cm³/mol. The minimum atomic E-state index is -0.727. The first-order chi connectivity index (χ1) is 11.8. The number of esters is 1. The largest absolute Gasteiger partial charge is 0.503 e. The Hall–Kier alpha value is -2.22. The van der Waals surface area contributed by atoms with Crippen LogP contribution < -0.4 is 15.4 Å². The van der Waals surface area contributed by atoms with Crippen molar-refractivity contribution < 1.29 is 24.2 Å². The molecule has 1 unspecified atom stereocenters. The van der Waals surface area contributed by atoms with Crippen LogP contribution in [0.4, 0.5) is 4.79 Å². The lowest BCUT2D eigenvalue weighted by molar-refractivity contribution is -0.136. The molecule has 136 valence electrons. The van der Waals surface area contributed by atoms with Crippen molar-refractivity contribution >= 4 is 27.9 Å². The van der Waals surface area contributed by atoms with Gasteiger partial charge in [0.1, 0.15) is 0 Å². The number of hydrogen-bond donors (Lipinski definition) is 3. The van der Waals surface area contributed by atoms with Crippen LogP contribution in [0.1, 0.15) is 32.4 Å². The second kappa shape index (κ2) is 7.77. The Kier molecular flexibility index (Phi) is 5.94. The maximum Gasteiger partial charge on any atom is 0.337 e. The predicted octanol–water partition coefficient (Wildman–Crippen LogP) is 2.99. The molecule has 0 saturated heterocycles. The summed E-state index contributed by atoms with van der Waals surface area (Å²) in [7, 11) is 1.29. The fourth-order valence-corrected chi connectivity index (χ4v) is 3.11. The summed E-state index contributed by atoms with van der Waals surface area (Å²) in [6.07, 6.45) is 0. The van der Waals surface area contributed by atoms with Gasteiger partial charge in [-0.1, -0.05) is 13.8 Å². The van der Waals surface area contributed by atoms with Crippen LogP contribution in [0.2, 0.25) is 0 Å². The van der Waals surface area contributed by atoms with Crippen LogP contribution in [-0.4, -0.2) is 30.8 Å². The quantitative estimate of drug-likeness (QED) is 0.645. The first kappa shape index (κ1) is 19.1. The molecule has 25 heavy (non-hydrogen) atoms. The average Bonchev–Trinajstić information content (AvgIpc) is 2.57. The monoisotopic (exact) mass is 412 g/mol. The van der Waals surface area contributed by atoms with Crippen molar-refractivity contribution in [2.75, 3.05) is 13.7 Å². The summed E-state index contributed by atoms with van der Waals surface area (Å²) in [5, 5.41) is 15.5. The first-order valence-corrected chi connectivity index (χ1v) is 8.64. The van der Waals surface area contributed by atoms with E-state index in [4.69, 9.17) is 9.47 Å². The molecule has 2 rings (SSSR count). The van der Waals surface area contributed by atoms with Crippen molar-refractivity contribution in [3.63, 3.8) is 0 Å². The number of methoxy groups -OCH3 is 1. The molecule has 2 amide bonds. The lowest BCUT2D eigenvalue weighted by Gasteiger charge is -2.31. The molecule has 0 radical (unpaired) electrons. The van der Waals surface area contributed by atoms with Crippen LogP contribution in [0.15, 0.2) is 27.9 Å². The lowest BCUT2D eigenvalue weighted by atomic mass is 9.91. The Morgan fingerprint density at radius 2 is 2.08 bits per heavy atom. The maximum atomic E-state index is 12.4. The van der Waals surface area contributed by atoms with Crippen LogP contribution in [0, 0.1) is 5.92 Å². The van der Waals surface area contributed by atoms with Gasteiger partial charge < -0.3 is 25.2 Å². The van der Waals surface area contributed by atoms with Gasteiger partial charge in [-0.15, -0.1) is 0 Å². The van der Waals surface area contributed by atoms with Gasteiger partial charge in [0, 0.05) is 5.70 Å². The molecule has 1 aromatic rings. The van der Waals surface area contributed by atoms with E-state index in [0.29, 0.717) is 27.9 Å². The molecule has 8 heteroatoms. The van der Waals surface area contributed by atoms with E-state index < -0.39 is 18.0 Å². The normalized spacial score (nSPS) is 17.2. The van der Waals surface area contributed by atoms with Gasteiger partial charge in [-0.3, -0.25) is 0 Å². The molecule has 1 aliphatic rings. The van der Waals surface area contributed by atoms with Crippen molar-refractivity contribution in [1.29, 1.82) is 0 Å². The van der Waals surface area contributed by atoms with Crippen LogP contribution in [-0.2, 0) is 9.53 Å². The van der Waals surface area contributed by atoms with E-state index in [1.807, 2.05) is 13.8 Å². The molecule has 1 aromatic carbocycles. The fraction of sp³-hybridized carbons (Fsp3) is 0.412. The zero-order chi connectivity index (χ0) is 18.7. The van der Waals surface area contributed by atoms with Crippen molar-refractivity contribution in [1.82, 2.24) is 10.6 Å². The molecule has 1 atom stereocenters. The Morgan fingerprint density at radius 3 is 2.64 bits per heavy atom. The molecule has 0 aliphatic carbocycles. The summed E-state index contributed by atoms with van der Waals surface area (Å²) >= 11 is 3.28. The number of benzene rings is 1. The van der Waals surface area contributed by atoms with Crippen LogP contribution in [0.25, 0.3) is 0 Å². The number of phenols is 1. The van der Waals surface area contributed by atoms with Gasteiger partial charge >= 0.3 is 12.0 Å². The summed E-state index contributed by atoms with van der Waals surface area (Å²) in [5.41, 5.74) is 1.40. The number of aromatic hydroxyl groups is 1. The number of phenolic OH excluding ortho intramolecular Hbond substituents is 1. The molecule has 7 nitrogen and oxygen atoms in total. The molecule has 0 saturated carbocycles. The molecule has 0 bridgehead atoms. The first-order valence-electron chi connectivity index (χ1n) is 7.85. The van der Waals surface area contributed by atoms with Gasteiger partial charge in [0.15, 0.2) is 11.5 Å². The third-order valence-electron chi connectivity index (χ3n) is 3.77. The maximum absolute atomic E-state index is 12.4. The highest BCUT2D eigenvalue weighted by atomic mass is 79.9. The minimum absolute atomic E-state index is 0.0430. The van der Waals surface area contributed by atoms with Crippen molar-refractivity contribution in [3.8, 4) is 11.5 Å². The zero-order valence-electron chi connectivity index (χ0n) is 14.5. The molecule has 0 spiro atoms. The van der Waals surface area contributed by atoms with E-state index in [1.54, 1.807) is 19.1 Å². The van der Waals surface area contributed by atoms with Gasteiger partial charge in [-0.05, 0) is 46.5 Å². The topological polar surface area (TPSA) is 96.9 Å². The fourth-order valence-electron chi connectivity index (χ4n) is 2.65. The van der Waals surface area contributed by atoms with E-state index in [-0.39, 0.29) is 17.4 Å². The Balaban J connectivity index is 2.64. The van der Waals surface area contributed by atoms with E-state index in [0.717, 1.165) is 0 Å². The summed E-state index contributed by atoms with van der Waals surface area (Å²) < 4.78 is 10.7. The third-order valence-corrected chi connectivity index (χ3v) is 4.37. The summed E-state index contributed by atoms with van der Waals surface area (Å²) in [6.45, 7) is 5.90. The van der Waals surface area contributed by atoms with Gasteiger partial charge in [-0.2, -0.15) is 0 Å². The standard InChI is InChI=1S/C17H21BrN2O5/c1-5-25-11-7-9(6-10(18)15(11)21)14-12(16(22)24-4)13(8(2)3)19-17(23)20-14/h6-8,14,21H,5H2,1-4H3,(H2,19,20,23). The van der Waals surface area contributed by atoms with E-state index in [1.165, 1.54) is 7.11 Å². The average molecular weight is 413 g/mol. The molecule has 3 N–H and O–H groups in total. The van der Waals surface area contributed by atoms with Crippen molar-refractivity contribution in [3.05, 3.63) is 33.4 Å². The van der Waals surface area contributed by atoms with Gasteiger partial charge in [-0.25, -0.2) is 9.59 Å². The van der Waals surface area contributed by atoms with Crippen LogP contribution in [0.3, 0.4) is 0 Å². The number of rotatable bonds is 5. The smallest absolute Gasteiger partial charge is 0.337 e. The summed E-state index contributed by atoms with van der Waals surface area (Å²) in [5.74, 6) is -0.411. The summed E-state index contributed by atoms with van der Waals surface area (Å²) in [4.78, 5) is 24.5. The SMILES string of the molecule is CCOc1cc(C2NC(=O)NC(C(C)C)=C2C(=O)OC)cc(Br)c1O. The molecule has 1 aliphatic heterocycles. The van der Waals surface area contributed by atoms with Crippen molar-refractivity contribution in [2.24, 2.45) is 5.92 Å². The summed E-state index contributed by atoms with van der Waals surface area (Å²) in [6, 6.07) is 2.09. The highest BCUT2D eigenvalue weighted by Crippen LogP contribution is 2.40. The molecular formula is C17H21BrN2O5. The highest BCUT2D eigenvalue weighted by molar-refractivity contribution is 9.10. The Bertz CT molecular complexity index is 730. The number of nitrogens with one attached hydrogen (secondary N) is 2. The number of hydrogen-bond acceptors (Lipinski definition) is 5. The Morgan fingerprint density at radius 1 is 1.40 bits per heavy atom. The van der Waals surface area contributed by atoms with E-state index >= 15 is 0 Å². The number of urea groups is 1. The zero-order valence-corrected chi connectivity index (χ0v) is 16.1. The van der Waals surface area contributed by atoms with Gasteiger partial charge in [0.25, 0.3) is 0 Å². The van der Waals surface area contributed by atoms with Crippen LogP contribution >= 0.6 is 15.9 Å². The van der Waals surface area contributed by atoms with E-state index in [2.05, 4.69) is 26.6 Å². The van der Waals surface area contributed by atoms with E-state index in [9.17, 15) is 14.7 Å². The number of ether oxygens (including phenoxy) is 2. The second-order valence-corrected chi connectivity index (χ2v) is 6.64. The number of halogens is 1. The minimum Gasteiger partial charge on any atom is -0.503 e. The van der Waals surface area contributed by atoms with Crippen LogP contribution in [0.5, 0.6) is 11.5 Å². The molecule has 0 aromatic heterocycles. The molecule has 0 fully saturated rings. The number of amides is 2. The van der Waals surface area contributed by atoms with Gasteiger partial charge in [0.2, 0.25) is 0 Å². The number of allylic oxidation sites excluding steroid dienone is 1. The lowest BCUT2D eigenvalue weighted by Crippen LogP contribution is -2.47. The molecular weight excluding hydrogens is 392 g/mol. The van der Waals surface area contributed by atoms with Gasteiger partial charge in [0.05, 0.1) is 29.8 Å². The Labute approximate surface area is 154 Å². The highest BCUT2D eigenvalue weighted by Gasteiger charge is 2.35. The van der Waals surface area contributed by atoms with Crippen molar-refractivity contribution in [2.45, 2.75) is 26.8 Å². The number of carbonyl (C=O) groups is 2. The second-order valence-electron chi connectivity index (χ2n) is 5.79. The number of carbonyl (C=O) groups excluding carboxylic acids is 2.